The van der Waals surface area contributed by atoms with Crippen LogP contribution in [0.5, 0.6) is 0 Å². The lowest BCUT2D eigenvalue weighted by molar-refractivity contribution is 0.285. The number of nitrogens with zero attached hydrogens (tertiary/aromatic N) is 3. The van der Waals surface area contributed by atoms with Crippen molar-refractivity contribution in [2.24, 2.45) is 0 Å². The first-order chi connectivity index (χ1) is 9.49. The number of allylic oxidation sites excluding steroid dienone is 1. The highest BCUT2D eigenvalue weighted by atomic mass is 15.5. The maximum atomic E-state index is 4.66. The van der Waals surface area contributed by atoms with Crippen molar-refractivity contribution >= 4 is 5.65 Å². The van der Waals surface area contributed by atoms with E-state index in [0.29, 0.717) is 5.92 Å². The average molecular weight is 272 g/mol. The van der Waals surface area contributed by atoms with Crippen molar-refractivity contribution in [1.82, 2.24) is 19.8 Å². The minimum absolute atomic E-state index is 0.532. The third kappa shape index (κ3) is 3.39. The van der Waals surface area contributed by atoms with Crippen molar-refractivity contribution < 1.29 is 0 Å². The van der Waals surface area contributed by atoms with Crippen LogP contribution in [0.15, 0.2) is 36.3 Å². The Labute approximate surface area is 121 Å². The molecule has 0 fully saturated rings. The lowest BCUT2D eigenvalue weighted by Crippen LogP contribution is -2.29. The van der Waals surface area contributed by atoms with Gasteiger partial charge in [0, 0.05) is 25.6 Å². The first-order valence-electron chi connectivity index (χ1n) is 7.06. The number of rotatable bonds is 5. The third-order valence-electron chi connectivity index (χ3n) is 3.22. The second-order valence-electron chi connectivity index (χ2n) is 5.67. The van der Waals surface area contributed by atoms with E-state index in [1.807, 2.05) is 12.1 Å². The normalized spacial score (nSPS) is 11.1. The Kier molecular flexibility index (Phi) is 4.45. The van der Waals surface area contributed by atoms with Gasteiger partial charge < -0.3 is 9.41 Å². The molecule has 0 amide bonds. The van der Waals surface area contributed by atoms with Gasteiger partial charge in [-0.05, 0) is 31.4 Å². The second-order valence-corrected chi connectivity index (χ2v) is 5.67. The molecule has 0 aliphatic rings. The zero-order chi connectivity index (χ0) is 14.7. The van der Waals surface area contributed by atoms with Gasteiger partial charge in [0.15, 0.2) is 0 Å². The van der Waals surface area contributed by atoms with Gasteiger partial charge in [-0.3, -0.25) is 0 Å². The number of hydrogen-bond acceptors (Lipinski definition) is 3. The lowest BCUT2D eigenvalue weighted by atomic mass is 10.1. The molecule has 0 aliphatic heterocycles. The van der Waals surface area contributed by atoms with Crippen LogP contribution in [0, 0.1) is 0 Å². The summed E-state index contributed by atoms with van der Waals surface area (Å²) in [6.07, 6.45) is 6.36. The zero-order valence-corrected chi connectivity index (χ0v) is 13.0. The molecule has 2 aromatic rings. The number of aromatic nitrogens is 2. The summed E-state index contributed by atoms with van der Waals surface area (Å²) in [5, 5.41) is 2.04. The maximum Gasteiger partial charge on any atom is 0.137 e. The molecule has 20 heavy (non-hydrogen) atoms. The molecule has 0 aliphatic carbocycles. The van der Waals surface area contributed by atoms with E-state index in [1.165, 1.54) is 11.1 Å². The van der Waals surface area contributed by atoms with Gasteiger partial charge in [-0.15, -0.1) is 0 Å². The van der Waals surface area contributed by atoms with E-state index < -0.39 is 0 Å². The average Bonchev–Trinajstić information content (AvgIpc) is 2.78. The molecule has 108 valence electrons. The first kappa shape index (κ1) is 14.6. The van der Waals surface area contributed by atoms with Crippen LogP contribution in [0.1, 0.15) is 44.9 Å². The Hall–Kier alpha value is -1.81. The molecule has 0 bridgehead atoms. The van der Waals surface area contributed by atoms with Gasteiger partial charge in [-0.25, -0.2) is 10.4 Å². The first-order valence-corrected chi connectivity index (χ1v) is 7.06. The second kappa shape index (κ2) is 6.09. The smallest absolute Gasteiger partial charge is 0.137 e. The van der Waals surface area contributed by atoms with Gasteiger partial charge in [0.1, 0.15) is 5.65 Å². The molecule has 2 rings (SSSR count). The van der Waals surface area contributed by atoms with E-state index in [2.05, 4.69) is 73.2 Å². The molecule has 0 saturated heterocycles. The van der Waals surface area contributed by atoms with Crippen LogP contribution in [0.25, 0.3) is 5.65 Å². The van der Waals surface area contributed by atoms with Crippen molar-refractivity contribution in [1.29, 1.82) is 0 Å². The Balaban J connectivity index is 2.25. The summed E-state index contributed by atoms with van der Waals surface area (Å²) in [5.74, 6) is 0.532. The number of nitrogens with one attached hydrogen (secondary N) is 1. The Morgan fingerprint density at radius 3 is 2.70 bits per heavy atom. The summed E-state index contributed by atoms with van der Waals surface area (Å²) >= 11 is 0. The van der Waals surface area contributed by atoms with E-state index in [-0.39, 0.29) is 0 Å². The number of hydrazine groups is 1. The van der Waals surface area contributed by atoms with Crippen molar-refractivity contribution in [3.63, 3.8) is 0 Å². The fourth-order valence-corrected chi connectivity index (χ4v) is 2.15. The highest BCUT2D eigenvalue weighted by Gasteiger charge is 2.06. The number of fused-ring (bicyclic) bond motifs is 1. The monoisotopic (exact) mass is 272 g/mol. The van der Waals surface area contributed by atoms with Crippen LogP contribution >= 0.6 is 0 Å². The molecular formula is C16H24N4. The van der Waals surface area contributed by atoms with Crippen LogP contribution in [-0.2, 0) is 6.54 Å². The molecule has 0 saturated carbocycles. The summed E-state index contributed by atoms with van der Waals surface area (Å²) in [6.45, 7) is 9.33. The van der Waals surface area contributed by atoms with Gasteiger partial charge >= 0.3 is 0 Å². The minimum Gasteiger partial charge on any atom is -0.310 e. The summed E-state index contributed by atoms with van der Waals surface area (Å²) in [6, 6.07) is 4.24. The van der Waals surface area contributed by atoms with Crippen LogP contribution in [0.4, 0.5) is 0 Å². The Morgan fingerprint density at radius 2 is 2.10 bits per heavy atom. The standard InChI is InChI=1S/C16H24N4/c1-12(2)8-20(17-5)11-15-10-19-9-14(13(3)4)6-7-16(19)18-15/h6-10,13,17H,11H2,1-5H3. The summed E-state index contributed by atoms with van der Waals surface area (Å²) in [7, 11) is 1.92. The lowest BCUT2D eigenvalue weighted by Gasteiger charge is -2.18. The van der Waals surface area contributed by atoms with Crippen molar-refractivity contribution in [3.05, 3.63) is 47.6 Å². The molecule has 1 N–H and O–H groups in total. The van der Waals surface area contributed by atoms with Gasteiger partial charge in [0.05, 0.1) is 12.2 Å². The topological polar surface area (TPSA) is 32.6 Å². The SMILES string of the molecule is CNN(C=C(C)C)Cc1cn2cc(C(C)C)ccc2n1. The molecule has 2 heterocycles. The number of imidazole rings is 1. The van der Waals surface area contributed by atoms with Crippen LogP contribution in [0.2, 0.25) is 0 Å². The molecule has 4 nitrogen and oxygen atoms in total. The third-order valence-corrected chi connectivity index (χ3v) is 3.22. The summed E-state index contributed by atoms with van der Waals surface area (Å²) in [4.78, 5) is 4.66. The largest absolute Gasteiger partial charge is 0.310 e. The highest BCUT2D eigenvalue weighted by molar-refractivity contribution is 5.42. The predicted molar refractivity (Wildman–Crippen MR) is 83.3 cm³/mol. The van der Waals surface area contributed by atoms with Gasteiger partial charge in [-0.1, -0.05) is 25.5 Å². The molecule has 2 aromatic heterocycles. The van der Waals surface area contributed by atoms with E-state index in [4.69, 9.17) is 0 Å². The highest BCUT2D eigenvalue weighted by Crippen LogP contribution is 2.16. The van der Waals surface area contributed by atoms with Crippen molar-refractivity contribution in [2.75, 3.05) is 7.05 Å². The Bertz CT molecular complexity index is 606. The fraction of sp³-hybridized carbons (Fsp3) is 0.438. The van der Waals surface area contributed by atoms with E-state index in [0.717, 1.165) is 17.9 Å². The van der Waals surface area contributed by atoms with E-state index in [9.17, 15) is 0 Å². The zero-order valence-electron chi connectivity index (χ0n) is 13.0. The molecule has 4 heteroatoms. The van der Waals surface area contributed by atoms with Crippen LogP contribution in [-0.4, -0.2) is 21.4 Å². The molecule has 0 spiro atoms. The van der Waals surface area contributed by atoms with Crippen LogP contribution < -0.4 is 5.43 Å². The van der Waals surface area contributed by atoms with Crippen molar-refractivity contribution in [3.8, 4) is 0 Å². The minimum atomic E-state index is 0.532. The summed E-state index contributed by atoms with van der Waals surface area (Å²) < 4.78 is 2.11. The van der Waals surface area contributed by atoms with Crippen molar-refractivity contribution in [2.45, 2.75) is 40.2 Å². The molecular weight excluding hydrogens is 248 g/mol. The molecule has 0 unspecified atom stereocenters. The summed E-state index contributed by atoms with van der Waals surface area (Å²) in [5.41, 5.74) is 7.80. The fourth-order valence-electron chi connectivity index (χ4n) is 2.15. The molecule has 0 atom stereocenters. The Morgan fingerprint density at radius 1 is 1.35 bits per heavy atom. The van der Waals surface area contributed by atoms with Gasteiger partial charge in [0.25, 0.3) is 0 Å². The predicted octanol–water partition coefficient (Wildman–Crippen LogP) is 3.32. The van der Waals surface area contributed by atoms with Crippen LogP contribution in [0.3, 0.4) is 0 Å². The van der Waals surface area contributed by atoms with E-state index in [1.54, 1.807) is 0 Å². The number of hydrogen-bond donors (Lipinski definition) is 1. The molecule has 0 aromatic carbocycles. The van der Waals surface area contributed by atoms with Gasteiger partial charge in [0.2, 0.25) is 0 Å². The maximum absolute atomic E-state index is 4.66. The molecule has 0 radical (unpaired) electrons. The van der Waals surface area contributed by atoms with Gasteiger partial charge in [-0.2, -0.15) is 0 Å². The number of pyridine rings is 1. The quantitative estimate of drug-likeness (QED) is 0.848. The van der Waals surface area contributed by atoms with E-state index >= 15 is 0 Å².